The van der Waals surface area contributed by atoms with Crippen LogP contribution in [0.4, 0.5) is 0 Å². The SMILES string of the molecule is O=C(c1ccc2nccnc2c1)N1CCN(CCn2nc3c(cc2=O)CCC3)CC1. The minimum Gasteiger partial charge on any atom is -0.336 e. The van der Waals surface area contributed by atoms with Gasteiger partial charge in [0.25, 0.3) is 11.5 Å². The quantitative estimate of drug-likeness (QED) is 0.648. The summed E-state index contributed by atoms with van der Waals surface area (Å²) in [5.41, 5.74) is 4.34. The average Bonchev–Trinajstić information content (AvgIpc) is 3.24. The van der Waals surface area contributed by atoms with Gasteiger partial charge in [0.15, 0.2) is 0 Å². The number of amides is 1. The molecule has 3 aromatic rings. The predicted octanol–water partition coefficient (Wildman–Crippen LogP) is 1.13. The molecule has 0 spiro atoms. The molecule has 1 aliphatic carbocycles. The molecule has 0 bridgehead atoms. The second-order valence-electron chi connectivity index (χ2n) is 7.92. The van der Waals surface area contributed by atoms with Crippen molar-refractivity contribution in [2.75, 3.05) is 32.7 Å². The number of benzene rings is 1. The summed E-state index contributed by atoms with van der Waals surface area (Å²) in [7, 11) is 0. The monoisotopic (exact) mass is 404 g/mol. The molecule has 0 N–H and O–H groups in total. The van der Waals surface area contributed by atoms with Crippen molar-refractivity contribution >= 4 is 16.9 Å². The van der Waals surface area contributed by atoms with Crippen LogP contribution < -0.4 is 5.56 Å². The molecule has 8 nitrogen and oxygen atoms in total. The summed E-state index contributed by atoms with van der Waals surface area (Å²) in [5, 5.41) is 4.55. The van der Waals surface area contributed by atoms with Gasteiger partial charge >= 0.3 is 0 Å². The molecule has 0 radical (unpaired) electrons. The van der Waals surface area contributed by atoms with Gasteiger partial charge in [0.1, 0.15) is 0 Å². The number of aromatic nitrogens is 4. The van der Waals surface area contributed by atoms with Crippen molar-refractivity contribution in [3.05, 3.63) is 63.8 Å². The molecular formula is C22H24N6O2. The lowest BCUT2D eigenvalue weighted by molar-refractivity contribution is 0.0631. The Labute approximate surface area is 174 Å². The maximum atomic E-state index is 12.9. The van der Waals surface area contributed by atoms with E-state index in [4.69, 9.17) is 0 Å². The molecular weight excluding hydrogens is 380 g/mol. The molecule has 3 heterocycles. The number of fused-ring (bicyclic) bond motifs is 2. The highest BCUT2D eigenvalue weighted by Gasteiger charge is 2.23. The Hall–Kier alpha value is -3.13. The normalized spacial score (nSPS) is 16.7. The number of nitrogens with zero attached hydrogens (tertiary/aromatic N) is 6. The molecule has 1 aromatic carbocycles. The molecule has 30 heavy (non-hydrogen) atoms. The molecule has 1 aliphatic heterocycles. The van der Waals surface area contributed by atoms with E-state index in [-0.39, 0.29) is 11.5 Å². The summed E-state index contributed by atoms with van der Waals surface area (Å²) in [4.78, 5) is 37.9. The molecule has 154 valence electrons. The lowest BCUT2D eigenvalue weighted by atomic mass is 10.1. The average molecular weight is 404 g/mol. The van der Waals surface area contributed by atoms with Crippen LogP contribution in [0.1, 0.15) is 28.0 Å². The molecule has 0 saturated carbocycles. The van der Waals surface area contributed by atoms with E-state index in [2.05, 4.69) is 20.0 Å². The third kappa shape index (κ3) is 3.70. The zero-order valence-electron chi connectivity index (χ0n) is 16.8. The van der Waals surface area contributed by atoms with E-state index in [1.165, 1.54) is 0 Å². The van der Waals surface area contributed by atoms with Crippen molar-refractivity contribution in [1.82, 2.24) is 29.5 Å². The number of carbonyl (C=O) groups is 1. The van der Waals surface area contributed by atoms with Crippen molar-refractivity contribution in [2.45, 2.75) is 25.8 Å². The van der Waals surface area contributed by atoms with Crippen LogP contribution in [-0.2, 0) is 19.4 Å². The fraction of sp³-hybridized carbons (Fsp3) is 0.409. The van der Waals surface area contributed by atoms with Crippen LogP contribution in [0.15, 0.2) is 41.5 Å². The third-order valence-corrected chi connectivity index (χ3v) is 6.03. The minimum atomic E-state index is -0.0103. The van der Waals surface area contributed by atoms with Crippen LogP contribution in [0.5, 0.6) is 0 Å². The molecule has 0 atom stereocenters. The number of aryl methyl sites for hydroxylation is 2. The second-order valence-corrected chi connectivity index (χ2v) is 7.92. The van der Waals surface area contributed by atoms with Gasteiger partial charge < -0.3 is 4.90 Å². The van der Waals surface area contributed by atoms with Crippen LogP contribution in [-0.4, -0.2) is 68.2 Å². The van der Waals surface area contributed by atoms with Crippen LogP contribution >= 0.6 is 0 Å². The molecule has 1 fully saturated rings. The first kappa shape index (κ1) is 18.9. The maximum Gasteiger partial charge on any atom is 0.267 e. The first-order chi connectivity index (χ1) is 14.7. The Balaban J connectivity index is 1.18. The lowest BCUT2D eigenvalue weighted by Crippen LogP contribution is -2.49. The van der Waals surface area contributed by atoms with Gasteiger partial charge in [0, 0.05) is 56.7 Å². The van der Waals surface area contributed by atoms with E-state index in [0.717, 1.165) is 61.2 Å². The number of rotatable bonds is 4. The topological polar surface area (TPSA) is 84.2 Å². The van der Waals surface area contributed by atoms with Crippen LogP contribution in [0.2, 0.25) is 0 Å². The van der Waals surface area contributed by atoms with E-state index in [1.807, 2.05) is 23.1 Å². The minimum absolute atomic E-state index is 0.0103. The number of hydrogen-bond donors (Lipinski definition) is 0. The van der Waals surface area contributed by atoms with Crippen molar-refractivity contribution in [1.29, 1.82) is 0 Å². The zero-order chi connectivity index (χ0) is 20.5. The van der Waals surface area contributed by atoms with Crippen molar-refractivity contribution in [2.24, 2.45) is 0 Å². The van der Waals surface area contributed by atoms with Crippen LogP contribution in [0.25, 0.3) is 11.0 Å². The van der Waals surface area contributed by atoms with E-state index >= 15 is 0 Å². The molecule has 1 saturated heterocycles. The van der Waals surface area contributed by atoms with Gasteiger partial charge in [-0.1, -0.05) is 0 Å². The fourth-order valence-electron chi connectivity index (χ4n) is 4.29. The Bertz CT molecular complexity index is 1150. The van der Waals surface area contributed by atoms with E-state index in [1.54, 1.807) is 23.1 Å². The smallest absolute Gasteiger partial charge is 0.267 e. The second kappa shape index (κ2) is 7.95. The summed E-state index contributed by atoms with van der Waals surface area (Å²) in [6.07, 6.45) is 6.31. The maximum absolute atomic E-state index is 12.9. The largest absolute Gasteiger partial charge is 0.336 e. The standard InChI is InChI=1S/C22H24N6O2/c29-21-15-16-2-1-3-18(16)25-28(21)13-10-26-8-11-27(12-9-26)22(30)17-4-5-19-20(14-17)24-7-6-23-19/h4-7,14-15H,1-3,8-13H2. The third-order valence-electron chi connectivity index (χ3n) is 6.03. The fourth-order valence-corrected chi connectivity index (χ4v) is 4.29. The zero-order valence-corrected chi connectivity index (χ0v) is 16.8. The van der Waals surface area contributed by atoms with Crippen molar-refractivity contribution < 1.29 is 4.79 Å². The Morgan fingerprint density at radius 1 is 0.933 bits per heavy atom. The highest BCUT2D eigenvalue weighted by atomic mass is 16.2. The predicted molar refractivity (Wildman–Crippen MR) is 112 cm³/mol. The number of hydrogen-bond acceptors (Lipinski definition) is 6. The summed E-state index contributed by atoms with van der Waals surface area (Å²) < 4.78 is 1.60. The Kier molecular flexibility index (Phi) is 5.00. The first-order valence-electron chi connectivity index (χ1n) is 10.5. The highest BCUT2D eigenvalue weighted by Crippen LogP contribution is 2.17. The molecule has 5 rings (SSSR count). The van der Waals surface area contributed by atoms with Gasteiger partial charge in [0.2, 0.25) is 0 Å². The Morgan fingerprint density at radius 3 is 2.57 bits per heavy atom. The molecule has 1 amide bonds. The molecule has 8 heteroatoms. The van der Waals surface area contributed by atoms with Gasteiger partial charge in [-0.15, -0.1) is 0 Å². The summed E-state index contributed by atoms with van der Waals surface area (Å²) in [6.45, 7) is 4.27. The lowest BCUT2D eigenvalue weighted by Gasteiger charge is -2.34. The van der Waals surface area contributed by atoms with E-state index in [9.17, 15) is 9.59 Å². The van der Waals surface area contributed by atoms with Gasteiger partial charge in [-0.3, -0.25) is 24.5 Å². The number of piperazine rings is 1. The molecule has 2 aliphatic rings. The first-order valence-corrected chi connectivity index (χ1v) is 10.5. The summed E-state index contributed by atoms with van der Waals surface area (Å²) in [5.74, 6) is 0.0266. The van der Waals surface area contributed by atoms with Crippen molar-refractivity contribution in [3.63, 3.8) is 0 Å². The van der Waals surface area contributed by atoms with Crippen LogP contribution in [0, 0.1) is 0 Å². The highest BCUT2D eigenvalue weighted by molar-refractivity contribution is 5.97. The molecule has 0 unspecified atom stereocenters. The Morgan fingerprint density at radius 2 is 1.73 bits per heavy atom. The van der Waals surface area contributed by atoms with E-state index in [0.29, 0.717) is 25.2 Å². The van der Waals surface area contributed by atoms with Gasteiger partial charge in [0.05, 0.1) is 23.3 Å². The van der Waals surface area contributed by atoms with E-state index < -0.39 is 0 Å². The van der Waals surface area contributed by atoms with Gasteiger partial charge in [-0.2, -0.15) is 5.10 Å². The number of carbonyl (C=O) groups excluding carboxylic acids is 1. The van der Waals surface area contributed by atoms with Crippen LogP contribution in [0.3, 0.4) is 0 Å². The summed E-state index contributed by atoms with van der Waals surface area (Å²) in [6, 6.07) is 7.22. The van der Waals surface area contributed by atoms with Crippen molar-refractivity contribution in [3.8, 4) is 0 Å². The van der Waals surface area contributed by atoms with Gasteiger partial charge in [-0.25, -0.2) is 4.68 Å². The van der Waals surface area contributed by atoms with Gasteiger partial charge in [-0.05, 0) is 43.0 Å². The summed E-state index contributed by atoms with van der Waals surface area (Å²) >= 11 is 0. The molecule has 2 aromatic heterocycles.